The van der Waals surface area contributed by atoms with E-state index in [1.54, 1.807) is 0 Å². The van der Waals surface area contributed by atoms with Gasteiger partial charge in [0.15, 0.2) is 0 Å². The Labute approximate surface area is 160 Å². The summed E-state index contributed by atoms with van der Waals surface area (Å²) in [6, 6.07) is 7.41. The number of hydrogen-bond donors (Lipinski definition) is 2. The van der Waals surface area contributed by atoms with E-state index in [1.165, 1.54) is 17.6 Å². The van der Waals surface area contributed by atoms with Gasteiger partial charge < -0.3 is 9.72 Å². The lowest BCUT2D eigenvalue weighted by atomic mass is 10.2. The highest BCUT2D eigenvalue weighted by Crippen LogP contribution is 2.25. The first-order chi connectivity index (χ1) is 13.0. The molecule has 2 aromatic heterocycles. The van der Waals surface area contributed by atoms with Crippen molar-refractivity contribution < 1.29 is 9.53 Å². The van der Waals surface area contributed by atoms with Crippen LogP contribution in [0.25, 0.3) is 10.2 Å². The highest BCUT2D eigenvalue weighted by Gasteiger charge is 2.13. The number of fused-ring (bicyclic) bond motifs is 1. The van der Waals surface area contributed by atoms with Crippen LogP contribution in [-0.2, 0) is 11.2 Å². The molecule has 0 bridgehead atoms. The molecule has 0 radical (unpaired) electrons. The van der Waals surface area contributed by atoms with Crippen LogP contribution in [0.3, 0.4) is 0 Å². The Bertz CT molecular complexity index is 1070. The average Bonchev–Trinajstić information content (AvgIpc) is 2.91. The summed E-state index contributed by atoms with van der Waals surface area (Å²) in [6.45, 7) is 6.28. The molecule has 1 aromatic carbocycles. The lowest BCUT2D eigenvalue weighted by Crippen LogP contribution is -2.23. The fourth-order valence-electron chi connectivity index (χ4n) is 2.62. The second-order valence-electron chi connectivity index (χ2n) is 5.92. The monoisotopic (exact) mass is 384 g/mol. The molecule has 0 aliphatic heterocycles. The Kier molecular flexibility index (Phi) is 5.66. The molecule has 8 heteroatoms. The zero-order chi connectivity index (χ0) is 19.4. The van der Waals surface area contributed by atoms with E-state index in [4.69, 9.17) is 4.74 Å². The lowest BCUT2D eigenvalue weighted by Gasteiger charge is -2.05. The molecule has 3 rings (SSSR count). The number of aromatic nitrogens is 2. The summed E-state index contributed by atoms with van der Waals surface area (Å²) in [7, 11) is 0. The Morgan fingerprint density at radius 1 is 1.37 bits per heavy atom. The SMILES string of the molecule is CCOc1ccccc1/C=N/NC(=O)Cc1nc2sc(C)c(C)c2c(=O)[nH]1. The highest BCUT2D eigenvalue weighted by atomic mass is 32.1. The van der Waals surface area contributed by atoms with Gasteiger partial charge in [-0.15, -0.1) is 11.3 Å². The number of carbonyl (C=O) groups is 1. The van der Waals surface area contributed by atoms with E-state index in [2.05, 4.69) is 20.5 Å². The summed E-state index contributed by atoms with van der Waals surface area (Å²) < 4.78 is 5.50. The van der Waals surface area contributed by atoms with Crippen LogP contribution >= 0.6 is 11.3 Å². The molecule has 0 fully saturated rings. The van der Waals surface area contributed by atoms with E-state index < -0.39 is 0 Å². The number of benzene rings is 1. The molecular weight excluding hydrogens is 364 g/mol. The van der Waals surface area contributed by atoms with Crippen LogP contribution in [0.1, 0.15) is 28.8 Å². The van der Waals surface area contributed by atoms with Crippen molar-refractivity contribution in [2.75, 3.05) is 6.61 Å². The minimum atomic E-state index is -0.368. The molecule has 0 atom stereocenters. The Hall–Kier alpha value is -3.00. The molecule has 0 aliphatic rings. The first-order valence-electron chi connectivity index (χ1n) is 8.52. The number of rotatable bonds is 6. The van der Waals surface area contributed by atoms with Crippen LogP contribution in [0.4, 0.5) is 0 Å². The number of amides is 1. The van der Waals surface area contributed by atoms with E-state index in [9.17, 15) is 9.59 Å². The van der Waals surface area contributed by atoms with Gasteiger partial charge in [0, 0.05) is 10.4 Å². The van der Waals surface area contributed by atoms with Crippen LogP contribution in [0.15, 0.2) is 34.2 Å². The average molecular weight is 384 g/mol. The predicted octanol–water partition coefficient (Wildman–Crippen LogP) is 2.69. The summed E-state index contributed by atoms with van der Waals surface area (Å²) in [5, 5.41) is 4.55. The van der Waals surface area contributed by atoms with Crippen LogP contribution < -0.4 is 15.7 Å². The molecule has 0 saturated heterocycles. The predicted molar refractivity (Wildman–Crippen MR) is 107 cm³/mol. The number of hydrogen-bond acceptors (Lipinski definition) is 6. The van der Waals surface area contributed by atoms with Crippen molar-refractivity contribution in [1.29, 1.82) is 0 Å². The third-order valence-electron chi connectivity index (χ3n) is 4.03. The van der Waals surface area contributed by atoms with Crippen LogP contribution in [-0.4, -0.2) is 28.7 Å². The second kappa shape index (κ2) is 8.13. The van der Waals surface area contributed by atoms with Crippen LogP contribution in [0.2, 0.25) is 0 Å². The third-order valence-corrected chi connectivity index (χ3v) is 5.13. The number of H-pyrrole nitrogens is 1. The summed E-state index contributed by atoms with van der Waals surface area (Å²) in [5.41, 5.74) is 3.92. The van der Waals surface area contributed by atoms with Gasteiger partial charge in [-0.05, 0) is 38.5 Å². The van der Waals surface area contributed by atoms with Gasteiger partial charge >= 0.3 is 0 Å². The first kappa shape index (κ1) is 18.8. The van der Waals surface area contributed by atoms with Crippen molar-refractivity contribution in [2.45, 2.75) is 27.2 Å². The van der Waals surface area contributed by atoms with Gasteiger partial charge in [-0.25, -0.2) is 10.4 Å². The van der Waals surface area contributed by atoms with E-state index >= 15 is 0 Å². The quantitative estimate of drug-likeness (QED) is 0.504. The fourth-order valence-corrected chi connectivity index (χ4v) is 3.67. The maximum absolute atomic E-state index is 12.2. The number of para-hydroxylation sites is 1. The smallest absolute Gasteiger partial charge is 0.259 e. The minimum absolute atomic E-state index is 0.0639. The van der Waals surface area contributed by atoms with Gasteiger partial charge in [-0.2, -0.15) is 5.10 Å². The number of hydrazone groups is 1. The maximum Gasteiger partial charge on any atom is 0.259 e. The minimum Gasteiger partial charge on any atom is -0.493 e. The Balaban J connectivity index is 1.70. The molecule has 0 aliphatic carbocycles. The van der Waals surface area contributed by atoms with E-state index in [-0.39, 0.29) is 17.9 Å². The topological polar surface area (TPSA) is 96.4 Å². The van der Waals surface area contributed by atoms with Crippen molar-refractivity contribution in [3.8, 4) is 5.75 Å². The summed E-state index contributed by atoms with van der Waals surface area (Å²) in [6.07, 6.45) is 1.46. The molecule has 140 valence electrons. The van der Waals surface area contributed by atoms with Crippen molar-refractivity contribution in [3.05, 3.63) is 56.4 Å². The molecule has 2 N–H and O–H groups in total. The number of ether oxygens (including phenoxy) is 1. The van der Waals surface area contributed by atoms with Gasteiger partial charge in [0.1, 0.15) is 16.4 Å². The van der Waals surface area contributed by atoms with E-state index in [0.29, 0.717) is 28.4 Å². The van der Waals surface area contributed by atoms with E-state index in [0.717, 1.165) is 16.0 Å². The maximum atomic E-state index is 12.2. The van der Waals surface area contributed by atoms with Gasteiger partial charge in [-0.1, -0.05) is 12.1 Å². The van der Waals surface area contributed by atoms with Gasteiger partial charge in [0.05, 0.1) is 24.6 Å². The summed E-state index contributed by atoms with van der Waals surface area (Å²) >= 11 is 1.45. The number of nitrogens with one attached hydrogen (secondary N) is 2. The van der Waals surface area contributed by atoms with E-state index in [1.807, 2.05) is 45.0 Å². The normalized spacial score (nSPS) is 11.2. The zero-order valence-corrected chi connectivity index (χ0v) is 16.1. The molecule has 1 amide bonds. The summed E-state index contributed by atoms with van der Waals surface area (Å²) in [4.78, 5) is 33.1. The zero-order valence-electron chi connectivity index (χ0n) is 15.3. The van der Waals surface area contributed by atoms with Crippen molar-refractivity contribution >= 4 is 33.7 Å². The van der Waals surface area contributed by atoms with Crippen molar-refractivity contribution in [2.24, 2.45) is 5.10 Å². The fraction of sp³-hybridized carbons (Fsp3) is 0.263. The van der Waals surface area contributed by atoms with Crippen molar-refractivity contribution in [1.82, 2.24) is 15.4 Å². The Morgan fingerprint density at radius 2 is 2.15 bits per heavy atom. The molecular formula is C19H20N4O3S. The molecule has 27 heavy (non-hydrogen) atoms. The van der Waals surface area contributed by atoms with Crippen molar-refractivity contribution in [3.63, 3.8) is 0 Å². The summed E-state index contributed by atoms with van der Waals surface area (Å²) in [5.74, 6) is 0.640. The standard InChI is InChI=1S/C19H20N4O3S/c1-4-26-14-8-6-5-7-13(14)10-20-23-16(24)9-15-21-18(25)17-11(2)12(3)27-19(17)22-15/h5-8,10H,4,9H2,1-3H3,(H,23,24)(H,21,22,25)/b20-10+. The number of aromatic amines is 1. The molecule has 3 aromatic rings. The molecule has 0 unspecified atom stereocenters. The number of carbonyl (C=O) groups excluding carboxylic acids is 1. The van der Waals surface area contributed by atoms with Gasteiger partial charge in [0.25, 0.3) is 5.56 Å². The van der Waals surface area contributed by atoms with Crippen LogP contribution in [0.5, 0.6) is 5.75 Å². The Morgan fingerprint density at radius 3 is 2.93 bits per heavy atom. The number of thiophene rings is 1. The molecule has 0 spiro atoms. The number of nitrogens with zero attached hydrogens (tertiary/aromatic N) is 2. The molecule has 7 nitrogen and oxygen atoms in total. The first-order valence-corrected chi connectivity index (χ1v) is 9.34. The molecule has 2 heterocycles. The third kappa shape index (κ3) is 4.22. The van der Waals surface area contributed by atoms with Gasteiger partial charge in [-0.3, -0.25) is 9.59 Å². The number of aryl methyl sites for hydroxylation is 2. The lowest BCUT2D eigenvalue weighted by molar-refractivity contribution is -0.120. The van der Waals surface area contributed by atoms with Gasteiger partial charge in [0.2, 0.25) is 5.91 Å². The highest BCUT2D eigenvalue weighted by molar-refractivity contribution is 7.18. The largest absolute Gasteiger partial charge is 0.493 e. The second-order valence-corrected chi connectivity index (χ2v) is 7.12. The van der Waals surface area contributed by atoms with Crippen LogP contribution in [0, 0.1) is 13.8 Å². The molecule has 0 saturated carbocycles.